The van der Waals surface area contributed by atoms with E-state index in [9.17, 15) is 10.1 Å². The van der Waals surface area contributed by atoms with Gasteiger partial charge in [-0.1, -0.05) is 18.2 Å². The van der Waals surface area contributed by atoms with Crippen LogP contribution < -0.4 is 9.47 Å². The van der Waals surface area contributed by atoms with Crippen molar-refractivity contribution in [1.29, 1.82) is 0 Å². The van der Waals surface area contributed by atoms with Crippen LogP contribution >= 0.6 is 0 Å². The van der Waals surface area contributed by atoms with E-state index in [-0.39, 0.29) is 16.5 Å². The van der Waals surface area contributed by atoms with Crippen molar-refractivity contribution in [3.8, 4) is 17.2 Å². The number of rotatable bonds is 3. The van der Waals surface area contributed by atoms with E-state index in [0.29, 0.717) is 11.5 Å². The number of benzene rings is 3. The number of aryl methyl sites for hydroxylation is 1. The molecule has 1 aromatic heterocycles. The third kappa shape index (κ3) is 2.64. The summed E-state index contributed by atoms with van der Waals surface area (Å²) in [7, 11) is 1.62. The Morgan fingerprint density at radius 3 is 2.52 bits per heavy atom. The molecule has 0 saturated heterocycles. The Morgan fingerprint density at radius 1 is 1.03 bits per heavy atom. The van der Waals surface area contributed by atoms with Crippen LogP contribution in [0.5, 0.6) is 17.2 Å². The number of non-ortho nitro benzene ring substituents is 1. The number of fused-ring (bicyclic) bond motifs is 3. The molecule has 1 aliphatic heterocycles. The summed E-state index contributed by atoms with van der Waals surface area (Å²) in [4.78, 5) is 14.5. The maximum absolute atomic E-state index is 11.4. The van der Waals surface area contributed by atoms with Crippen LogP contribution in [0.15, 0.2) is 60.7 Å². The first-order valence-electron chi connectivity index (χ1n) is 9.28. The average molecular weight is 386 g/mol. The summed E-state index contributed by atoms with van der Waals surface area (Å²) >= 11 is 0. The quantitative estimate of drug-likeness (QED) is 0.320. The minimum atomic E-state index is -0.374. The monoisotopic (exact) mass is 386 g/mol. The molecule has 1 unspecified atom stereocenters. The van der Waals surface area contributed by atoms with Gasteiger partial charge in [0, 0.05) is 45.8 Å². The van der Waals surface area contributed by atoms with Gasteiger partial charge in [0.15, 0.2) is 0 Å². The van der Waals surface area contributed by atoms with E-state index >= 15 is 0 Å². The molecule has 6 nitrogen and oxygen atoms in total. The molecule has 1 atom stereocenters. The number of ether oxygens (including phenoxy) is 2. The number of aromatic amines is 1. The zero-order valence-electron chi connectivity index (χ0n) is 15.9. The summed E-state index contributed by atoms with van der Waals surface area (Å²) < 4.78 is 11.5. The van der Waals surface area contributed by atoms with Gasteiger partial charge >= 0.3 is 0 Å². The fraction of sp³-hybridized carbons (Fsp3) is 0.130. The van der Waals surface area contributed by atoms with Gasteiger partial charge in [0.05, 0.1) is 12.0 Å². The Hall–Kier alpha value is -3.80. The van der Waals surface area contributed by atoms with Crippen molar-refractivity contribution in [3.63, 3.8) is 0 Å². The lowest BCUT2D eigenvalue weighted by molar-refractivity contribution is -0.384. The van der Waals surface area contributed by atoms with Crippen LogP contribution in [0, 0.1) is 17.0 Å². The number of methoxy groups -OCH3 is 1. The third-order valence-corrected chi connectivity index (χ3v) is 5.50. The van der Waals surface area contributed by atoms with Crippen LogP contribution in [0.4, 0.5) is 5.69 Å². The van der Waals surface area contributed by atoms with Crippen LogP contribution in [0.25, 0.3) is 10.9 Å². The van der Waals surface area contributed by atoms with Gasteiger partial charge in [-0.05, 0) is 42.8 Å². The molecule has 1 N–H and O–H groups in total. The molecule has 0 spiro atoms. The third-order valence-electron chi connectivity index (χ3n) is 5.50. The summed E-state index contributed by atoms with van der Waals surface area (Å²) in [6.45, 7) is 2.03. The lowest BCUT2D eigenvalue weighted by Crippen LogP contribution is -2.13. The second kappa shape index (κ2) is 6.38. The molecule has 0 fully saturated rings. The zero-order valence-corrected chi connectivity index (χ0v) is 15.9. The number of nitrogens with zero attached hydrogens (tertiary/aromatic N) is 1. The first-order valence-corrected chi connectivity index (χ1v) is 9.28. The van der Waals surface area contributed by atoms with Crippen molar-refractivity contribution in [2.24, 2.45) is 0 Å². The van der Waals surface area contributed by atoms with Crippen molar-refractivity contribution in [2.45, 2.75) is 12.8 Å². The molecular formula is C23H18N2O4. The Labute approximate surface area is 166 Å². The molecule has 29 heavy (non-hydrogen) atoms. The Bertz CT molecular complexity index is 1280. The summed E-state index contributed by atoms with van der Waals surface area (Å²) in [5.74, 6) is 1.84. The number of para-hydroxylation sites is 1. The fourth-order valence-corrected chi connectivity index (χ4v) is 4.21. The molecule has 4 aromatic rings. The van der Waals surface area contributed by atoms with E-state index in [2.05, 4.69) is 11.1 Å². The van der Waals surface area contributed by atoms with Crippen LogP contribution in [0.2, 0.25) is 0 Å². The van der Waals surface area contributed by atoms with Gasteiger partial charge in [-0.2, -0.15) is 0 Å². The second-order valence-electron chi connectivity index (χ2n) is 7.13. The average Bonchev–Trinajstić information content (AvgIpc) is 3.06. The highest BCUT2D eigenvalue weighted by molar-refractivity contribution is 5.87. The van der Waals surface area contributed by atoms with Crippen molar-refractivity contribution >= 4 is 16.6 Å². The number of hydrogen-bond acceptors (Lipinski definition) is 4. The number of nitro groups is 1. The highest BCUT2D eigenvalue weighted by atomic mass is 16.6. The first kappa shape index (κ1) is 17.3. The maximum Gasteiger partial charge on any atom is 0.270 e. The molecule has 0 amide bonds. The molecule has 1 aliphatic rings. The molecule has 0 saturated carbocycles. The summed E-state index contributed by atoms with van der Waals surface area (Å²) in [5, 5.41) is 12.5. The lowest BCUT2D eigenvalue weighted by atomic mass is 9.81. The Balaban J connectivity index is 1.84. The van der Waals surface area contributed by atoms with E-state index in [1.807, 2.05) is 43.3 Å². The molecule has 5 rings (SSSR count). The van der Waals surface area contributed by atoms with Crippen molar-refractivity contribution in [2.75, 3.05) is 7.11 Å². The normalized spacial score (nSPS) is 14.8. The van der Waals surface area contributed by atoms with Crippen molar-refractivity contribution < 1.29 is 14.4 Å². The van der Waals surface area contributed by atoms with Crippen LogP contribution in [-0.2, 0) is 0 Å². The smallest absolute Gasteiger partial charge is 0.270 e. The van der Waals surface area contributed by atoms with Crippen molar-refractivity contribution in [3.05, 3.63) is 93.2 Å². The standard InChI is InChI=1S/C23H18N2O4/c1-13-22(16-5-3-4-6-19(16)24-13)23-17-11-14(25(26)27)7-9-20(17)29-21-10-8-15(28-2)12-18(21)23/h3-12,23-24H,1-2H3. The number of H-pyrrole nitrogens is 1. The molecule has 6 heteroatoms. The predicted molar refractivity (Wildman–Crippen MR) is 110 cm³/mol. The van der Waals surface area contributed by atoms with Crippen LogP contribution in [-0.4, -0.2) is 17.0 Å². The number of hydrogen-bond donors (Lipinski definition) is 1. The van der Waals surface area contributed by atoms with Crippen LogP contribution in [0.1, 0.15) is 28.3 Å². The minimum absolute atomic E-state index is 0.0428. The van der Waals surface area contributed by atoms with Gasteiger partial charge in [-0.25, -0.2) is 0 Å². The van der Waals surface area contributed by atoms with E-state index < -0.39 is 0 Å². The highest BCUT2D eigenvalue weighted by Gasteiger charge is 2.33. The van der Waals surface area contributed by atoms with E-state index in [1.165, 1.54) is 6.07 Å². The van der Waals surface area contributed by atoms with Gasteiger partial charge in [-0.3, -0.25) is 10.1 Å². The summed E-state index contributed by atoms with van der Waals surface area (Å²) in [5.41, 5.74) is 4.87. The van der Waals surface area contributed by atoms with Gasteiger partial charge in [0.1, 0.15) is 17.2 Å². The van der Waals surface area contributed by atoms with E-state index in [4.69, 9.17) is 9.47 Å². The predicted octanol–water partition coefficient (Wildman–Crippen LogP) is 5.68. The van der Waals surface area contributed by atoms with E-state index in [0.717, 1.165) is 39.0 Å². The summed E-state index contributed by atoms with van der Waals surface area (Å²) in [6.07, 6.45) is 0. The number of nitrogens with one attached hydrogen (secondary N) is 1. The van der Waals surface area contributed by atoms with Gasteiger partial charge < -0.3 is 14.5 Å². The SMILES string of the molecule is COc1ccc2c(c1)C(c1c(C)[nH]c3ccccc13)c1cc([N+](=O)[O-])ccc1O2. The molecule has 2 heterocycles. The molecule has 3 aromatic carbocycles. The highest BCUT2D eigenvalue weighted by Crippen LogP contribution is 2.51. The molecular weight excluding hydrogens is 368 g/mol. The second-order valence-corrected chi connectivity index (χ2v) is 7.13. The zero-order chi connectivity index (χ0) is 20.1. The minimum Gasteiger partial charge on any atom is -0.497 e. The molecule has 0 aliphatic carbocycles. The first-order chi connectivity index (χ1) is 14.1. The van der Waals surface area contributed by atoms with Gasteiger partial charge in [0.25, 0.3) is 5.69 Å². The maximum atomic E-state index is 11.4. The Kier molecular flexibility index (Phi) is 3.81. The van der Waals surface area contributed by atoms with Gasteiger partial charge in [-0.15, -0.1) is 0 Å². The molecule has 0 bridgehead atoms. The molecule has 0 radical (unpaired) electrons. The number of nitro benzene ring substituents is 1. The van der Waals surface area contributed by atoms with E-state index in [1.54, 1.807) is 19.2 Å². The molecule has 144 valence electrons. The largest absolute Gasteiger partial charge is 0.497 e. The van der Waals surface area contributed by atoms with Gasteiger partial charge in [0.2, 0.25) is 0 Å². The fourth-order valence-electron chi connectivity index (χ4n) is 4.21. The number of aromatic nitrogens is 1. The van der Waals surface area contributed by atoms with Crippen LogP contribution in [0.3, 0.4) is 0 Å². The Morgan fingerprint density at radius 2 is 1.76 bits per heavy atom. The lowest BCUT2D eigenvalue weighted by Gasteiger charge is -2.29. The topological polar surface area (TPSA) is 77.4 Å². The summed E-state index contributed by atoms with van der Waals surface area (Å²) in [6, 6.07) is 18.6. The van der Waals surface area contributed by atoms with Crippen molar-refractivity contribution in [1.82, 2.24) is 4.98 Å².